The third-order valence-electron chi connectivity index (χ3n) is 2.60. The Kier molecular flexibility index (Phi) is 10.1. The molecule has 4 nitrogen and oxygen atoms in total. The second-order valence-corrected chi connectivity index (χ2v) is 6.06. The van der Waals surface area contributed by atoms with Crippen molar-refractivity contribution in [2.24, 2.45) is 0 Å². The number of hydrogen-bond donors (Lipinski definition) is 0. The second-order valence-electron chi connectivity index (χ2n) is 6.06. The van der Waals surface area contributed by atoms with Gasteiger partial charge in [-0.05, 0) is 40.5 Å². The lowest BCUT2D eigenvalue weighted by molar-refractivity contribution is -0.345. The van der Waals surface area contributed by atoms with Gasteiger partial charge in [-0.3, -0.25) is 0 Å². The molecule has 0 aromatic carbocycles. The molecule has 0 bridgehead atoms. The van der Waals surface area contributed by atoms with Gasteiger partial charge in [0.1, 0.15) is 11.2 Å². The summed E-state index contributed by atoms with van der Waals surface area (Å²) in [5.41, 5.74) is -0.977. The van der Waals surface area contributed by atoms with Crippen LogP contribution in [0.2, 0.25) is 0 Å². The van der Waals surface area contributed by atoms with Gasteiger partial charge in [0.2, 0.25) is 0 Å². The van der Waals surface area contributed by atoms with Crippen LogP contribution in [-0.2, 0) is 19.6 Å². The molecule has 0 heterocycles. The Bertz CT molecular complexity index is 233. The Hall–Kier alpha value is -0.420. The summed E-state index contributed by atoms with van der Waals surface area (Å²) in [6, 6.07) is 0. The van der Waals surface area contributed by atoms with Gasteiger partial charge in [0.05, 0.1) is 13.2 Å². The summed E-state index contributed by atoms with van der Waals surface area (Å²) in [4.78, 5) is 21.2. The van der Waals surface area contributed by atoms with Crippen LogP contribution >= 0.6 is 0 Å². The molecule has 0 unspecified atom stereocenters. The Morgan fingerprint density at radius 2 is 1.05 bits per heavy atom. The number of rotatable bonds is 12. The molecule has 4 heteroatoms. The van der Waals surface area contributed by atoms with Crippen molar-refractivity contribution < 1.29 is 19.6 Å². The van der Waals surface area contributed by atoms with E-state index in [0.717, 1.165) is 25.7 Å². The van der Waals surface area contributed by atoms with Gasteiger partial charge >= 0.3 is 0 Å². The minimum absolute atomic E-state index is 0.488. The summed E-state index contributed by atoms with van der Waals surface area (Å²) in [5.74, 6) is 0. The fraction of sp³-hybridized carbons (Fsp3) is 0.875. The van der Waals surface area contributed by atoms with Crippen LogP contribution in [0.5, 0.6) is 0 Å². The van der Waals surface area contributed by atoms with E-state index in [-0.39, 0.29) is 0 Å². The topological polar surface area (TPSA) is 36.9 Å². The molecule has 0 aliphatic rings. The molecule has 0 amide bonds. The van der Waals surface area contributed by atoms with E-state index in [1.165, 1.54) is 0 Å². The predicted octanol–water partition coefficient (Wildman–Crippen LogP) is 4.60. The van der Waals surface area contributed by atoms with Crippen molar-refractivity contribution in [3.05, 3.63) is 12.2 Å². The molecule has 0 N–H and O–H groups in total. The third-order valence-corrected chi connectivity index (χ3v) is 2.60. The van der Waals surface area contributed by atoms with Crippen LogP contribution in [0.3, 0.4) is 0 Å². The molecule has 20 heavy (non-hydrogen) atoms. The molecule has 0 saturated heterocycles. The van der Waals surface area contributed by atoms with Gasteiger partial charge in [-0.1, -0.05) is 38.8 Å². The van der Waals surface area contributed by atoms with Crippen molar-refractivity contribution in [1.29, 1.82) is 0 Å². The molecule has 0 saturated carbocycles. The van der Waals surface area contributed by atoms with Gasteiger partial charge in [0.25, 0.3) is 0 Å². The molecule has 0 spiro atoms. The molecule has 0 atom stereocenters. The highest BCUT2D eigenvalue weighted by Crippen LogP contribution is 2.18. The van der Waals surface area contributed by atoms with Gasteiger partial charge < -0.3 is 0 Å². The minimum atomic E-state index is -0.488. The van der Waals surface area contributed by atoms with E-state index in [2.05, 4.69) is 13.8 Å². The fourth-order valence-electron chi connectivity index (χ4n) is 1.25. The zero-order valence-corrected chi connectivity index (χ0v) is 14.0. The maximum atomic E-state index is 5.39. The molecule has 0 aliphatic heterocycles. The normalized spacial score (nSPS) is 13.3. The Balaban J connectivity index is 4.07. The number of hydrogen-bond acceptors (Lipinski definition) is 4. The summed E-state index contributed by atoms with van der Waals surface area (Å²) in [7, 11) is 0. The molecule has 0 radical (unpaired) electrons. The first-order valence-electron chi connectivity index (χ1n) is 7.64. The van der Waals surface area contributed by atoms with Gasteiger partial charge in [0, 0.05) is 0 Å². The molecule has 0 aromatic heterocycles. The second kappa shape index (κ2) is 10.3. The van der Waals surface area contributed by atoms with Gasteiger partial charge in [-0.15, -0.1) is 0 Å². The van der Waals surface area contributed by atoms with Crippen LogP contribution < -0.4 is 0 Å². The monoisotopic (exact) mass is 288 g/mol. The summed E-state index contributed by atoms with van der Waals surface area (Å²) < 4.78 is 0. The SMILES string of the molecule is CCCCOOC(C)(C)C=CC(C)(C)OOCCCC. The van der Waals surface area contributed by atoms with E-state index in [4.69, 9.17) is 19.6 Å². The smallest absolute Gasteiger partial charge is 0.116 e. The van der Waals surface area contributed by atoms with Gasteiger partial charge in [-0.25, -0.2) is 19.6 Å². The van der Waals surface area contributed by atoms with E-state index in [1.54, 1.807) is 0 Å². The molecular formula is C16H32O4. The highest BCUT2D eigenvalue weighted by Gasteiger charge is 2.21. The van der Waals surface area contributed by atoms with Crippen molar-refractivity contribution in [1.82, 2.24) is 0 Å². The number of unbranched alkanes of at least 4 members (excludes halogenated alkanes) is 2. The first kappa shape index (κ1) is 19.6. The van der Waals surface area contributed by atoms with Crippen molar-refractivity contribution in [2.75, 3.05) is 13.2 Å². The Morgan fingerprint density at radius 3 is 1.35 bits per heavy atom. The molecule has 0 fully saturated rings. The highest BCUT2D eigenvalue weighted by atomic mass is 17.2. The molecule has 120 valence electrons. The van der Waals surface area contributed by atoms with Crippen molar-refractivity contribution in [3.8, 4) is 0 Å². The zero-order chi connectivity index (χ0) is 15.5. The van der Waals surface area contributed by atoms with E-state index in [0.29, 0.717) is 13.2 Å². The summed E-state index contributed by atoms with van der Waals surface area (Å²) in [6.07, 6.45) is 8.05. The first-order chi connectivity index (χ1) is 9.33. The van der Waals surface area contributed by atoms with Crippen LogP contribution in [-0.4, -0.2) is 24.4 Å². The van der Waals surface area contributed by atoms with E-state index in [9.17, 15) is 0 Å². The lowest BCUT2D eigenvalue weighted by Gasteiger charge is -2.23. The molecule has 0 rings (SSSR count). The van der Waals surface area contributed by atoms with Gasteiger partial charge in [0.15, 0.2) is 0 Å². The van der Waals surface area contributed by atoms with Crippen LogP contribution in [0.25, 0.3) is 0 Å². The molecule has 0 aromatic rings. The van der Waals surface area contributed by atoms with Crippen molar-refractivity contribution >= 4 is 0 Å². The van der Waals surface area contributed by atoms with E-state index >= 15 is 0 Å². The van der Waals surface area contributed by atoms with Crippen LogP contribution in [0.15, 0.2) is 12.2 Å². The van der Waals surface area contributed by atoms with Crippen LogP contribution in [0.1, 0.15) is 67.2 Å². The lowest BCUT2D eigenvalue weighted by Crippen LogP contribution is -2.26. The summed E-state index contributed by atoms with van der Waals surface area (Å²) in [6.45, 7) is 13.3. The van der Waals surface area contributed by atoms with Crippen LogP contribution in [0.4, 0.5) is 0 Å². The van der Waals surface area contributed by atoms with E-state index in [1.807, 2.05) is 39.8 Å². The van der Waals surface area contributed by atoms with Gasteiger partial charge in [-0.2, -0.15) is 0 Å². The standard InChI is InChI=1S/C16H32O4/c1-7-9-13-17-19-15(3,4)11-12-16(5,6)20-18-14-10-8-2/h11-12H,7-10,13-14H2,1-6H3. The zero-order valence-electron chi connectivity index (χ0n) is 14.0. The predicted molar refractivity (Wildman–Crippen MR) is 81.2 cm³/mol. The summed E-state index contributed by atoms with van der Waals surface area (Å²) >= 11 is 0. The molecular weight excluding hydrogens is 256 g/mol. The lowest BCUT2D eigenvalue weighted by atomic mass is 10.0. The van der Waals surface area contributed by atoms with Crippen molar-refractivity contribution in [2.45, 2.75) is 78.4 Å². The highest BCUT2D eigenvalue weighted by molar-refractivity contribution is 5.04. The minimum Gasteiger partial charge on any atom is -0.236 e. The average Bonchev–Trinajstić information content (AvgIpc) is 2.38. The van der Waals surface area contributed by atoms with Crippen LogP contribution in [0, 0.1) is 0 Å². The Labute approximate surface area is 124 Å². The quantitative estimate of drug-likeness (QED) is 0.228. The Morgan fingerprint density at radius 1 is 0.700 bits per heavy atom. The average molecular weight is 288 g/mol. The van der Waals surface area contributed by atoms with Crippen molar-refractivity contribution in [3.63, 3.8) is 0 Å². The first-order valence-corrected chi connectivity index (χ1v) is 7.64. The molecule has 0 aliphatic carbocycles. The maximum absolute atomic E-state index is 5.39. The largest absolute Gasteiger partial charge is 0.236 e. The summed E-state index contributed by atoms with van der Waals surface area (Å²) in [5, 5.41) is 0. The fourth-order valence-corrected chi connectivity index (χ4v) is 1.25. The van der Waals surface area contributed by atoms with E-state index < -0.39 is 11.2 Å². The third kappa shape index (κ3) is 11.4. The maximum Gasteiger partial charge on any atom is 0.116 e.